The third kappa shape index (κ3) is 4.96. The summed E-state index contributed by atoms with van der Waals surface area (Å²) in [6.45, 7) is 3.32. The first kappa shape index (κ1) is 21.3. The molecule has 1 aromatic heterocycles. The Bertz CT molecular complexity index is 1190. The zero-order valence-corrected chi connectivity index (χ0v) is 17.5. The van der Waals surface area contributed by atoms with E-state index < -0.39 is 15.6 Å². The molecule has 0 aliphatic rings. The number of carbonyl (C=O) groups is 1. The molecule has 0 aliphatic carbocycles. The number of rotatable bonds is 7. The number of nitrogens with one attached hydrogen (secondary N) is 2. The Labute approximate surface area is 175 Å². The molecular weight excluding hydrogens is 402 g/mol. The van der Waals surface area contributed by atoms with Crippen LogP contribution in [0.15, 0.2) is 82.5 Å². The van der Waals surface area contributed by atoms with Gasteiger partial charge in [-0.05, 0) is 43.7 Å². The van der Waals surface area contributed by atoms with E-state index in [2.05, 4.69) is 10.0 Å². The van der Waals surface area contributed by atoms with Crippen molar-refractivity contribution < 1.29 is 13.2 Å². The first-order valence-electron chi connectivity index (χ1n) is 9.40. The smallest absolute Gasteiger partial charge is 0.275 e. The van der Waals surface area contributed by atoms with E-state index in [0.717, 1.165) is 5.56 Å². The van der Waals surface area contributed by atoms with E-state index in [4.69, 9.17) is 0 Å². The van der Waals surface area contributed by atoms with Gasteiger partial charge in [-0.15, -0.1) is 0 Å². The fourth-order valence-corrected chi connectivity index (χ4v) is 4.08. The zero-order valence-electron chi connectivity index (χ0n) is 16.7. The highest BCUT2D eigenvalue weighted by Gasteiger charge is 2.18. The molecule has 7 nitrogen and oxygen atoms in total. The molecule has 0 fully saturated rings. The van der Waals surface area contributed by atoms with Crippen molar-refractivity contribution >= 4 is 21.6 Å². The van der Waals surface area contributed by atoms with Crippen LogP contribution in [-0.2, 0) is 21.4 Å². The maximum absolute atomic E-state index is 12.8. The third-order valence-electron chi connectivity index (χ3n) is 4.67. The van der Waals surface area contributed by atoms with E-state index in [1.807, 2.05) is 37.3 Å². The average Bonchev–Trinajstić information content (AvgIpc) is 2.74. The van der Waals surface area contributed by atoms with Crippen LogP contribution in [0.4, 0.5) is 5.69 Å². The maximum Gasteiger partial charge on any atom is 0.275 e. The van der Waals surface area contributed by atoms with Crippen LogP contribution in [0.5, 0.6) is 0 Å². The van der Waals surface area contributed by atoms with Gasteiger partial charge in [0.25, 0.3) is 15.6 Å². The van der Waals surface area contributed by atoms with E-state index in [1.165, 1.54) is 22.8 Å². The molecule has 3 rings (SSSR count). The lowest BCUT2D eigenvalue weighted by molar-refractivity contribution is -0.122. The van der Waals surface area contributed by atoms with Gasteiger partial charge in [-0.3, -0.25) is 14.3 Å². The van der Waals surface area contributed by atoms with Crippen LogP contribution >= 0.6 is 0 Å². The van der Waals surface area contributed by atoms with E-state index in [9.17, 15) is 18.0 Å². The van der Waals surface area contributed by atoms with E-state index in [-0.39, 0.29) is 29.1 Å². The van der Waals surface area contributed by atoms with Crippen LogP contribution in [0.3, 0.4) is 0 Å². The number of aryl methyl sites for hydroxylation is 1. The lowest BCUT2D eigenvalue weighted by Crippen LogP contribution is -2.35. The molecule has 156 valence electrons. The summed E-state index contributed by atoms with van der Waals surface area (Å²) in [6.07, 6.45) is 0. The van der Waals surface area contributed by atoms with Gasteiger partial charge in [0.15, 0.2) is 0 Å². The molecule has 0 spiro atoms. The first-order chi connectivity index (χ1) is 14.3. The molecule has 1 amide bonds. The second-order valence-corrected chi connectivity index (χ2v) is 8.58. The Balaban J connectivity index is 1.79. The van der Waals surface area contributed by atoms with Crippen LogP contribution < -0.4 is 15.6 Å². The summed E-state index contributed by atoms with van der Waals surface area (Å²) in [4.78, 5) is 25.4. The highest BCUT2D eigenvalue weighted by molar-refractivity contribution is 7.92. The Hall–Kier alpha value is -3.39. The van der Waals surface area contributed by atoms with Gasteiger partial charge in [0.1, 0.15) is 12.2 Å². The molecule has 1 atom stereocenters. The summed E-state index contributed by atoms with van der Waals surface area (Å²) in [5.74, 6) is -0.348. The fraction of sp³-hybridized carbons (Fsp3) is 0.182. The summed E-state index contributed by atoms with van der Waals surface area (Å²) >= 11 is 0. The van der Waals surface area contributed by atoms with Gasteiger partial charge in [-0.25, -0.2) is 8.42 Å². The highest BCUT2D eigenvalue weighted by atomic mass is 32.2. The number of pyridine rings is 1. The molecular formula is C22H23N3O4S. The zero-order chi connectivity index (χ0) is 21.7. The van der Waals surface area contributed by atoms with Gasteiger partial charge in [0.05, 0.1) is 10.9 Å². The summed E-state index contributed by atoms with van der Waals surface area (Å²) in [7, 11) is -3.91. The van der Waals surface area contributed by atoms with E-state index in [1.54, 1.807) is 31.2 Å². The lowest BCUT2D eigenvalue weighted by Gasteiger charge is -2.17. The molecule has 0 aliphatic heterocycles. The van der Waals surface area contributed by atoms with Crippen molar-refractivity contribution in [2.24, 2.45) is 0 Å². The van der Waals surface area contributed by atoms with E-state index >= 15 is 0 Å². The average molecular weight is 426 g/mol. The van der Waals surface area contributed by atoms with Crippen LogP contribution in [0.1, 0.15) is 24.2 Å². The molecule has 0 saturated carbocycles. The lowest BCUT2D eigenvalue weighted by atomic mass is 10.1. The summed E-state index contributed by atoms with van der Waals surface area (Å²) in [5, 5.41) is 2.86. The molecule has 3 aromatic rings. The molecule has 0 unspecified atom stereocenters. The molecule has 2 aromatic carbocycles. The Morgan fingerprint density at radius 1 is 0.967 bits per heavy atom. The standard InChI is InChI=1S/C22H23N3O4S/c1-16-13-14-20(24-30(28,29)19-11-7-4-8-12-19)22(27)25(16)15-21(26)23-17(2)18-9-5-3-6-10-18/h3-14,17,24H,15H2,1-2H3,(H,23,26)/t17-/m1/s1. The van der Waals surface area contributed by atoms with Crippen LogP contribution in [0.25, 0.3) is 0 Å². The van der Waals surface area contributed by atoms with Gasteiger partial charge in [0, 0.05) is 5.69 Å². The number of anilines is 1. The summed E-state index contributed by atoms with van der Waals surface area (Å²) < 4.78 is 28.6. The Kier molecular flexibility index (Phi) is 6.37. The van der Waals surface area contributed by atoms with Crippen molar-refractivity contribution in [2.45, 2.75) is 31.3 Å². The van der Waals surface area contributed by atoms with Gasteiger partial charge in [-0.1, -0.05) is 48.5 Å². The van der Waals surface area contributed by atoms with Gasteiger partial charge in [-0.2, -0.15) is 0 Å². The molecule has 30 heavy (non-hydrogen) atoms. The number of sulfonamides is 1. The predicted molar refractivity (Wildman–Crippen MR) is 116 cm³/mol. The van der Waals surface area contributed by atoms with Crippen molar-refractivity contribution in [3.8, 4) is 0 Å². The van der Waals surface area contributed by atoms with Crippen molar-refractivity contribution in [1.29, 1.82) is 0 Å². The molecule has 0 bridgehead atoms. The number of benzene rings is 2. The third-order valence-corrected chi connectivity index (χ3v) is 6.05. The number of aromatic nitrogens is 1. The van der Waals surface area contributed by atoms with Crippen molar-refractivity contribution in [1.82, 2.24) is 9.88 Å². The first-order valence-corrected chi connectivity index (χ1v) is 10.9. The van der Waals surface area contributed by atoms with Crippen molar-refractivity contribution in [2.75, 3.05) is 4.72 Å². The minimum Gasteiger partial charge on any atom is -0.348 e. The Morgan fingerprint density at radius 3 is 2.20 bits per heavy atom. The van der Waals surface area contributed by atoms with Crippen molar-refractivity contribution in [3.63, 3.8) is 0 Å². The molecule has 1 heterocycles. The van der Waals surface area contributed by atoms with Crippen LogP contribution in [0, 0.1) is 6.92 Å². The molecule has 0 radical (unpaired) electrons. The minimum absolute atomic E-state index is 0.0472. The molecule has 0 saturated heterocycles. The second-order valence-electron chi connectivity index (χ2n) is 6.90. The van der Waals surface area contributed by atoms with Crippen LogP contribution in [-0.4, -0.2) is 18.9 Å². The monoisotopic (exact) mass is 425 g/mol. The molecule has 8 heteroatoms. The predicted octanol–water partition coefficient (Wildman–Crippen LogP) is 2.83. The number of carbonyl (C=O) groups excluding carboxylic acids is 1. The fourth-order valence-electron chi connectivity index (χ4n) is 3.00. The normalized spacial score (nSPS) is 12.2. The summed E-state index contributed by atoms with van der Waals surface area (Å²) in [5.41, 5.74) is 0.787. The Morgan fingerprint density at radius 2 is 1.57 bits per heavy atom. The largest absolute Gasteiger partial charge is 0.348 e. The van der Waals surface area contributed by atoms with Crippen LogP contribution in [0.2, 0.25) is 0 Å². The number of nitrogens with zero attached hydrogens (tertiary/aromatic N) is 1. The van der Waals surface area contributed by atoms with Crippen molar-refractivity contribution in [3.05, 3.63) is 94.4 Å². The second kappa shape index (κ2) is 8.96. The highest BCUT2D eigenvalue weighted by Crippen LogP contribution is 2.14. The SMILES string of the molecule is Cc1ccc(NS(=O)(=O)c2ccccc2)c(=O)n1CC(=O)N[C@H](C)c1ccccc1. The quantitative estimate of drug-likeness (QED) is 0.608. The van der Waals surface area contributed by atoms with Gasteiger partial charge < -0.3 is 9.88 Å². The van der Waals surface area contributed by atoms with Gasteiger partial charge in [0.2, 0.25) is 5.91 Å². The van der Waals surface area contributed by atoms with E-state index in [0.29, 0.717) is 5.69 Å². The maximum atomic E-state index is 12.8. The minimum atomic E-state index is -3.91. The summed E-state index contributed by atoms with van der Waals surface area (Å²) in [6, 6.07) is 20.0. The van der Waals surface area contributed by atoms with Gasteiger partial charge >= 0.3 is 0 Å². The topological polar surface area (TPSA) is 97.3 Å². The molecule has 2 N–H and O–H groups in total. The number of amides is 1. The number of hydrogen-bond donors (Lipinski definition) is 2. The number of hydrogen-bond acceptors (Lipinski definition) is 4.